The fraction of sp³-hybridized carbons (Fsp3) is 0.364. The minimum absolute atomic E-state index is 0.0271. The second-order valence-corrected chi connectivity index (χ2v) is 5.16. The number of rotatable bonds is 4. The number of thioether (sulfide) groups is 1. The molecule has 0 radical (unpaired) electrons. The lowest BCUT2D eigenvalue weighted by molar-refractivity contribution is 0.0563. The molecule has 0 aliphatic heterocycles. The number of hydrogen-bond donors (Lipinski definition) is 1. The maximum Gasteiger partial charge on any atom is 0.373 e. The van der Waals surface area contributed by atoms with Gasteiger partial charge < -0.3 is 14.9 Å². The first-order chi connectivity index (χ1) is 9.02. The van der Waals surface area contributed by atoms with E-state index in [1.807, 2.05) is 6.92 Å². The van der Waals surface area contributed by atoms with Crippen molar-refractivity contribution < 1.29 is 13.9 Å². The zero-order valence-corrected chi connectivity index (χ0v) is 11.6. The van der Waals surface area contributed by atoms with Crippen LogP contribution >= 0.6 is 11.8 Å². The average Bonchev–Trinajstić information content (AvgIpc) is 3.00. The van der Waals surface area contributed by atoms with Crippen LogP contribution in [0, 0.1) is 0 Å². The molecule has 19 heavy (non-hydrogen) atoms. The fourth-order valence-corrected chi connectivity index (χ4v) is 2.33. The van der Waals surface area contributed by atoms with Gasteiger partial charge in [0.25, 0.3) is 0 Å². The van der Waals surface area contributed by atoms with E-state index < -0.39 is 5.97 Å². The second-order valence-electron chi connectivity index (χ2n) is 3.85. The van der Waals surface area contributed by atoms with Gasteiger partial charge in [0.05, 0.1) is 12.4 Å². The Hall–Kier alpha value is -1.96. The van der Waals surface area contributed by atoms with Crippen molar-refractivity contribution in [2.45, 2.75) is 17.3 Å². The molecule has 2 aromatic heterocycles. The number of ether oxygens (including phenoxy) is 1. The third-order valence-corrected chi connectivity index (χ3v) is 3.72. The van der Waals surface area contributed by atoms with Gasteiger partial charge in [-0.15, -0.1) is 10.2 Å². The molecule has 0 aliphatic rings. The Morgan fingerprint density at radius 2 is 2.26 bits per heavy atom. The quantitative estimate of drug-likeness (QED) is 0.672. The molecule has 2 aromatic rings. The Morgan fingerprint density at radius 1 is 1.53 bits per heavy atom. The summed E-state index contributed by atoms with van der Waals surface area (Å²) in [5, 5.41) is 8.39. The van der Waals surface area contributed by atoms with Gasteiger partial charge in [-0.1, -0.05) is 11.8 Å². The molecule has 0 bridgehead atoms. The summed E-state index contributed by atoms with van der Waals surface area (Å²) in [7, 11) is 3.09. The van der Waals surface area contributed by atoms with Crippen LogP contribution in [0.2, 0.25) is 0 Å². The van der Waals surface area contributed by atoms with Crippen molar-refractivity contribution >= 4 is 23.7 Å². The Balaban J connectivity index is 2.12. The number of nitrogens with two attached hydrogens (primary N) is 1. The normalized spacial score (nSPS) is 12.4. The van der Waals surface area contributed by atoms with Crippen LogP contribution in [-0.4, -0.2) is 27.8 Å². The van der Waals surface area contributed by atoms with Crippen LogP contribution in [-0.2, 0) is 11.8 Å². The number of carbonyl (C=O) groups is 1. The predicted molar refractivity (Wildman–Crippen MR) is 69.7 cm³/mol. The summed E-state index contributed by atoms with van der Waals surface area (Å²) in [5.41, 5.74) is 5.61. The van der Waals surface area contributed by atoms with Crippen LogP contribution < -0.4 is 5.73 Å². The molecule has 8 heteroatoms. The Kier molecular flexibility index (Phi) is 3.79. The number of esters is 1. The molecular formula is C11H14N4O3S. The van der Waals surface area contributed by atoms with E-state index in [-0.39, 0.29) is 11.0 Å². The molecule has 2 rings (SSSR count). The molecule has 0 saturated carbocycles. The highest BCUT2D eigenvalue weighted by Gasteiger charge is 2.18. The van der Waals surface area contributed by atoms with Crippen LogP contribution in [0.4, 0.5) is 5.95 Å². The number of carbonyl (C=O) groups excluding carboxylic acids is 1. The first kappa shape index (κ1) is 13.5. The lowest BCUT2D eigenvalue weighted by atomic mass is 10.3. The van der Waals surface area contributed by atoms with Gasteiger partial charge in [-0.3, -0.25) is 4.57 Å². The lowest BCUT2D eigenvalue weighted by Gasteiger charge is -2.07. The third kappa shape index (κ3) is 2.73. The predicted octanol–water partition coefficient (Wildman–Crippen LogP) is 1.63. The first-order valence-electron chi connectivity index (χ1n) is 5.52. The van der Waals surface area contributed by atoms with Crippen molar-refractivity contribution in [2.24, 2.45) is 7.05 Å². The lowest BCUT2D eigenvalue weighted by Crippen LogP contribution is -1.99. The molecule has 0 aliphatic carbocycles. The number of nitrogen functional groups attached to an aromatic ring is 1. The van der Waals surface area contributed by atoms with E-state index in [4.69, 9.17) is 10.2 Å². The molecule has 2 N–H and O–H groups in total. The first-order valence-corrected chi connectivity index (χ1v) is 6.40. The summed E-state index contributed by atoms with van der Waals surface area (Å²) in [4.78, 5) is 11.3. The van der Waals surface area contributed by atoms with Gasteiger partial charge in [-0.25, -0.2) is 4.79 Å². The van der Waals surface area contributed by atoms with Gasteiger partial charge in [-0.05, 0) is 19.1 Å². The van der Waals surface area contributed by atoms with Gasteiger partial charge in [0.15, 0.2) is 5.16 Å². The van der Waals surface area contributed by atoms with Crippen LogP contribution in [0.1, 0.15) is 28.5 Å². The van der Waals surface area contributed by atoms with E-state index in [2.05, 4.69) is 14.9 Å². The van der Waals surface area contributed by atoms with Gasteiger partial charge in [-0.2, -0.15) is 0 Å². The van der Waals surface area contributed by atoms with Gasteiger partial charge in [0.2, 0.25) is 11.7 Å². The Bertz CT molecular complexity index is 593. The van der Waals surface area contributed by atoms with E-state index in [0.717, 1.165) is 0 Å². The van der Waals surface area contributed by atoms with Crippen molar-refractivity contribution in [3.63, 3.8) is 0 Å². The van der Waals surface area contributed by atoms with E-state index >= 15 is 0 Å². The maximum atomic E-state index is 11.3. The molecule has 2 heterocycles. The van der Waals surface area contributed by atoms with Crippen LogP contribution in [0.5, 0.6) is 0 Å². The maximum absolute atomic E-state index is 11.3. The van der Waals surface area contributed by atoms with Crippen molar-refractivity contribution in [3.05, 3.63) is 23.7 Å². The van der Waals surface area contributed by atoms with E-state index in [9.17, 15) is 4.79 Å². The number of hydrogen-bond acceptors (Lipinski definition) is 7. The summed E-state index contributed by atoms with van der Waals surface area (Å²) >= 11 is 1.44. The SMILES string of the molecule is COC(=O)c1ccc(C(C)Sc2nnc(N)n2C)o1. The largest absolute Gasteiger partial charge is 0.463 e. The Morgan fingerprint density at radius 3 is 2.84 bits per heavy atom. The number of nitrogens with zero attached hydrogens (tertiary/aromatic N) is 3. The number of aromatic nitrogens is 3. The van der Waals surface area contributed by atoms with Crippen LogP contribution in [0.25, 0.3) is 0 Å². The van der Waals surface area contributed by atoms with Crippen LogP contribution in [0.15, 0.2) is 21.7 Å². The molecule has 1 unspecified atom stereocenters. The number of anilines is 1. The molecule has 0 amide bonds. The van der Waals surface area contributed by atoms with Crippen molar-refractivity contribution in [1.29, 1.82) is 0 Å². The zero-order chi connectivity index (χ0) is 14.0. The highest BCUT2D eigenvalue weighted by molar-refractivity contribution is 7.99. The fourth-order valence-electron chi connectivity index (χ4n) is 1.43. The second kappa shape index (κ2) is 5.35. The topological polar surface area (TPSA) is 96.2 Å². The minimum atomic E-state index is -0.494. The van der Waals surface area contributed by atoms with E-state index in [0.29, 0.717) is 16.9 Å². The van der Waals surface area contributed by atoms with Crippen molar-refractivity contribution in [3.8, 4) is 0 Å². The summed E-state index contributed by atoms with van der Waals surface area (Å²) in [6.07, 6.45) is 0. The highest BCUT2D eigenvalue weighted by atomic mass is 32.2. The van der Waals surface area contributed by atoms with Crippen molar-refractivity contribution in [2.75, 3.05) is 12.8 Å². The summed E-state index contributed by atoms with van der Waals surface area (Å²) in [5.74, 6) is 0.699. The Labute approximate surface area is 114 Å². The highest BCUT2D eigenvalue weighted by Crippen LogP contribution is 2.34. The molecule has 0 fully saturated rings. The average molecular weight is 282 g/mol. The van der Waals surface area contributed by atoms with Gasteiger partial charge in [0.1, 0.15) is 5.76 Å². The molecule has 0 spiro atoms. The number of furan rings is 1. The summed E-state index contributed by atoms with van der Waals surface area (Å²) < 4.78 is 11.7. The zero-order valence-electron chi connectivity index (χ0n) is 10.8. The molecule has 7 nitrogen and oxygen atoms in total. The van der Waals surface area contributed by atoms with Crippen molar-refractivity contribution in [1.82, 2.24) is 14.8 Å². The molecule has 1 atom stereocenters. The summed E-state index contributed by atoms with van der Waals surface area (Å²) in [6.45, 7) is 1.94. The van der Waals surface area contributed by atoms with E-state index in [1.54, 1.807) is 23.7 Å². The van der Waals surface area contributed by atoms with Gasteiger partial charge >= 0.3 is 5.97 Å². The monoisotopic (exact) mass is 282 g/mol. The molecular weight excluding hydrogens is 268 g/mol. The smallest absolute Gasteiger partial charge is 0.373 e. The van der Waals surface area contributed by atoms with Crippen LogP contribution in [0.3, 0.4) is 0 Å². The number of methoxy groups -OCH3 is 1. The molecule has 102 valence electrons. The van der Waals surface area contributed by atoms with Gasteiger partial charge in [0, 0.05) is 7.05 Å². The van der Waals surface area contributed by atoms with E-state index in [1.165, 1.54) is 18.9 Å². The standard InChI is InChI=1S/C11H14N4O3S/c1-6(19-11-14-13-10(12)15(11)2)7-4-5-8(18-7)9(16)17-3/h4-6H,1-3H3,(H2,12,13). The molecule has 0 saturated heterocycles. The third-order valence-electron chi connectivity index (χ3n) is 2.56. The summed E-state index contributed by atoms with van der Waals surface area (Å²) in [6, 6.07) is 3.33. The minimum Gasteiger partial charge on any atom is -0.463 e. The molecule has 0 aromatic carbocycles.